The lowest BCUT2D eigenvalue weighted by molar-refractivity contribution is 0.579. The third-order valence-electron chi connectivity index (χ3n) is 4.29. The van der Waals surface area contributed by atoms with E-state index in [2.05, 4.69) is 15.7 Å². The van der Waals surface area contributed by atoms with Gasteiger partial charge in [0.2, 0.25) is 0 Å². The molecule has 0 fully saturated rings. The average molecular weight is 368 g/mol. The molecular weight excluding hydrogens is 347 g/mol. The van der Waals surface area contributed by atoms with E-state index in [-0.39, 0.29) is 5.82 Å². The summed E-state index contributed by atoms with van der Waals surface area (Å²) in [4.78, 5) is 0. The molecule has 0 unspecified atom stereocenters. The van der Waals surface area contributed by atoms with Crippen LogP contribution in [0, 0.1) is 26.6 Å². The molecule has 134 valence electrons. The first-order valence-electron chi connectivity index (χ1n) is 8.36. The Morgan fingerprint density at radius 2 is 1.73 bits per heavy atom. The largest absolute Gasteiger partial charge is 0.332 e. The van der Waals surface area contributed by atoms with E-state index in [4.69, 9.17) is 12.2 Å². The summed E-state index contributed by atoms with van der Waals surface area (Å²) in [5, 5.41) is 11.4. The topological polar surface area (TPSA) is 41.9 Å². The van der Waals surface area contributed by atoms with Crippen molar-refractivity contribution in [3.8, 4) is 0 Å². The monoisotopic (exact) mass is 368 g/mol. The second-order valence-electron chi connectivity index (χ2n) is 6.19. The van der Waals surface area contributed by atoms with Gasteiger partial charge in [0.25, 0.3) is 0 Å². The lowest BCUT2D eigenvalue weighted by atomic mass is 10.2. The Balaban J connectivity index is 1.77. The van der Waals surface area contributed by atoms with Gasteiger partial charge >= 0.3 is 0 Å². The van der Waals surface area contributed by atoms with Crippen molar-refractivity contribution < 1.29 is 4.39 Å². The number of anilines is 2. The SMILES string of the molecule is Cc1ccccc1NC(=S)Nc1c(C)nn(Cc2ccccc2F)c1C. The summed E-state index contributed by atoms with van der Waals surface area (Å²) in [6.45, 7) is 6.25. The molecule has 6 heteroatoms. The van der Waals surface area contributed by atoms with E-state index < -0.39 is 0 Å². The maximum atomic E-state index is 13.9. The van der Waals surface area contributed by atoms with Crippen LogP contribution in [0.25, 0.3) is 0 Å². The van der Waals surface area contributed by atoms with Crippen LogP contribution in [0.4, 0.5) is 15.8 Å². The summed E-state index contributed by atoms with van der Waals surface area (Å²) in [5.41, 5.74) is 5.23. The first-order chi connectivity index (χ1) is 12.5. The number of nitrogens with one attached hydrogen (secondary N) is 2. The van der Waals surface area contributed by atoms with E-state index >= 15 is 0 Å². The summed E-state index contributed by atoms with van der Waals surface area (Å²) >= 11 is 5.44. The zero-order chi connectivity index (χ0) is 18.7. The highest BCUT2D eigenvalue weighted by atomic mass is 32.1. The predicted octanol–water partition coefficient (Wildman–Crippen LogP) is 4.80. The van der Waals surface area contributed by atoms with Crippen molar-refractivity contribution in [2.75, 3.05) is 10.6 Å². The van der Waals surface area contributed by atoms with Crippen LogP contribution in [-0.4, -0.2) is 14.9 Å². The summed E-state index contributed by atoms with van der Waals surface area (Å²) in [6.07, 6.45) is 0. The molecule has 3 aromatic rings. The molecule has 0 spiro atoms. The molecule has 0 aliphatic carbocycles. The van der Waals surface area contributed by atoms with Gasteiger partial charge in [-0.25, -0.2) is 4.39 Å². The molecule has 0 bridgehead atoms. The van der Waals surface area contributed by atoms with Gasteiger partial charge in [0.1, 0.15) is 5.82 Å². The van der Waals surface area contributed by atoms with Crippen LogP contribution < -0.4 is 10.6 Å². The summed E-state index contributed by atoms with van der Waals surface area (Å²) in [6, 6.07) is 14.7. The molecule has 26 heavy (non-hydrogen) atoms. The van der Waals surface area contributed by atoms with E-state index in [1.54, 1.807) is 16.8 Å². The summed E-state index contributed by atoms with van der Waals surface area (Å²) in [7, 11) is 0. The maximum absolute atomic E-state index is 13.9. The van der Waals surface area contributed by atoms with E-state index in [1.165, 1.54) is 6.07 Å². The normalized spacial score (nSPS) is 10.6. The number of hydrogen-bond acceptors (Lipinski definition) is 2. The fourth-order valence-electron chi connectivity index (χ4n) is 2.80. The maximum Gasteiger partial charge on any atom is 0.175 e. The Kier molecular flexibility index (Phi) is 5.32. The predicted molar refractivity (Wildman–Crippen MR) is 108 cm³/mol. The van der Waals surface area contributed by atoms with Crippen LogP contribution >= 0.6 is 12.2 Å². The van der Waals surface area contributed by atoms with Gasteiger partial charge in [0.15, 0.2) is 5.11 Å². The smallest absolute Gasteiger partial charge is 0.175 e. The van der Waals surface area contributed by atoms with Gasteiger partial charge in [-0.1, -0.05) is 36.4 Å². The average Bonchev–Trinajstić information content (AvgIpc) is 2.86. The molecule has 2 N–H and O–H groups in total. The molecule has 0 aliphatic rings. The highest BCUT2D eigenvalue weighted by Gasteiger charge is 2.14. The molecule has 0 saturated heterocycles. The highest BCUT2D eigenvalue weighted by Crippen LogP contribution is 2.22. The van der Waals surface area contributed by atoms with Gasteiger partial charge in [-0.3, -0.25) is 4.68 Å². The van der Waals surface area contributed by atoms with Crippen LogP contribution in [0.5, 0.6) is 0 Å². The summed E-state index contributed by atoms with van der Waals surface area (Å²) < 4.78 is 15.7. The molecule has 1 heterocycles. The second-order valence-corrected chi connectivity index (χ2v) is 6.60. The van der Waals surface area contributed by atoms with Crippen LogP contribution in [0.2, 0.25) is 0 Å². The number of para-hydroxylation sites is 1. The van der Waals surface area contributed by atoms with Gasteiger partial charge in [0.05, 0.1) is 23.6 Å². The van der Waals surface area contributed by atoms with Gasteiger partial charge < -0.3 is 10.6 Å². The van der Waals surface area contributed by atoms with Gasteiger partial charge in [0, 0.05) is 11.3 Å². The minimum atomic E-state index is -0.230. The number of benzene rings is 2. The first kappa shape index (κ1) is 18.1. The van der Waals surface area contributed by atoms with Crippen molar-refractivity contribution in [3.05, 3.63) is 76.9 Å². The number of rotatable bonds is 4. The molecular formula is C20H21FN4S. The molecule has 0 atom stereocenters. The minimum Gasteiger partial charge on any atom is -0.332 e. The van der Waals surface area contributed by atoms with Crippen LogP contribution in [0.3, 0.4) is 0 Å². The standard InChI is InChI=1S/C20H21FN4S/c1-13-8-4-7-11-18(13)22-20(26)23-19-14(2)24-25(15(19)3)12-16-9-5-6-10-17(16)21/h4-11H,12H2,1-3H3,(H2,22,23,26). The van der Waals surface area contributed by atoms with E-state index in [0.717, 1.165) is 28.3 Å². The quantitative estimate of drug-likeness (QED) is 0.649. The van der Waals surface area contributed by atoms with Crippen molar-refractivity contribution in [1.82, 2.24) is 9.78 Å². The molecule has 0 radical (unpaired) electrons. The van der Waals surface area contributed by atoms with Crippen molar-refractivity contribution in [2.24, 2.45) is 0 Å². The summed E-state index contributed by atoms with van der Waals surface area (Å²) in [5.74, 6) is -0.230. The van der Waals surface area contributed by atoms with Crippen molar-refractivity contribution in [1.29, 1.82) is 0 Å². The van der Waals surface area contributed by atoms with Gasteiger partial charge in [-0.15, -0.1) is 0 Å². The van der Waals surface area contributed by atoms with E-state index in [9.17, 15) is 4.39 Å². The molecule has 0 aliphatic heterocycles. The van der Waals surface area contributed by atoms with E-state index in [1.807, 2.05) is 51.1 Å². The Bertz CT molecular complexity index is 949. The molecule has 0 saturated carbocycles. The first-order valence-corrected chi connectivity index (χ1v) is 8.77. The van der Waals surface area contributed by atoms with Crippen molar-refractivity contribution >= 4 is 28.7 Å². The lowest BCUT2D eigenvalue weighted by Gasteiger charge is -2.13. The number of hydrogen-bond donors (Lipinski definition) is 2. The third-order valence-corrected chi connectivity index (χ3v) is 4.50. The third kappa shape index (κ3) is 3.91. The number of aryl methyl sites for hydroxylation is 2. The highest BCUT2D eigenvalue weighted by molar-refractivity contribution is 7.80. The van der Waals surface area contributed by atoms with Gasteiger partial charge in [-0.2, -0.15) is 5.10 Å². The minimum absolute atomic E-state index is 0.230. The Labute approximate surface area is 158 Å². The zero-order valence-electron chi connectivity index (χ0n) is 15.0. The second kappa shape index (κ2) is 7.66. The zero-order valence-corrected chi connectivity index (χ0v) is 15.8. The van der Waals surface area contributed by atoms with E-state index in [0.29, 0.717) is 17.2 Å². The number of thiocarbonyl (C=S) groups is 1. The Morgan fingerprint density at radius 1 is 1.04 bits per heavy atom. The molecule has 0 amide bonds. The Hall–Kier alpha value is -2.73. The number of halogens is 1. The van der Waals surface area contributed by atoms with Crippen molar-refractivity contribution in [2.45, 2.75) is 27.3 Å². The molecule has 1 aromatic heterocycles. The number of nitrogens with zero attached hydrogens (tertiary/aromatic N) is 2. The molecule has 3 rings (SSSR count). The van der Waals surface area contributed by atoms with Crippen LogP contribution in [0.1, 0.15) is 22.5 Å². The lowest BCUT2D eigenvalue weighted by Crippen LogP contribution is -2.20. The number of aromatic nitrogens is 2. The van der Waals surface area contributed by atoms with Crippen molar-refractivity contribution in [3.63, 3.8) is 0 Å². The van der Waals surface area contributed by atoms with Crippen LogP contribution in [-0.2, 0) is 6.54 Å². The Morgan fingerprint density at radius 3 is 2.46 bits per heavy atom. The molecule has 2 aromatic carbocycles. The van der Waals surface area contributed by atoms with Gasteiger partial charge in [-0.05, 0) is 50.7 Å². The molecule has 4 nitrogen and oxygen atoms in total. The fourth-order valence-corrected chi connectivity index (χ4v) is 3.01. The van der Waals surface area contributed by atoms with Crippen LogP contribution in [0.15, 0.2) is 48.5 Å². The fraction of sp³-hybridized carbons (Fsp3) is 0.200.